The monoisotopic (exact) mass is 405 g/mol. The maximum absolute atomic E-state index is 12.7. The lowest BCUT2D eigenvalue weighted by Crippen LogP contribution is -2.39. The van der Waals surface area contributed by atoms with Crippen molar-refractivity contribution in [3.63, 3.8) is 0 Å². The van der Waals surface area contributed by atoms with Gasteiger partial charge in [0.1, 0.15) is 6.54 Å². The first-order valence-corrected chi connectivity index (χ1v) is 9.83. The van der Waals surface area contributed by atoms with Gasteiger partial charge in [0, 0.05) is 34.7 Å². The Bertz CT molecular complexity index is 1330. The molecule has 1 amide bonds. The van der Waals surface area contributed by atoms with Crippen LogP contribution in [0.15, 0.2) is 57.7 Å². The van der Waals surface area contributed by atoms with Crippen molar-refractivity contribution in [3.05, 3.63) is 70.3 Å². The van der Waals surface area contributed by atoms with Gasteiger partial charge in [-0.05, 0) is 39.0 Å². The van der Waals surface area contributed by atoms with E-state index in [1.54, 1.807) is 12.1 Å². The molecule has 7 heteroatoms. The molecule has 0 unspecified atom stereocenters. The Balaban J connectivity index is 1.54. The predicted octanol–water partition coefficient (Wildman–Crippen LogP) is 3.27. The van der Waals surface area contributed by atoms with E-state index in [1.807, 2.05) is 54.8 Å². The molecule has 7 nitrogen and oxygen atoms in total. The highest BCUT2D eigenvalue weighted by molar-refractivity contribution is 6.08. The number of aromatic nitrogens is 2. The molecule has 154 valence electrons. The third kappa shape index (κ3) is 3.43. The van der Waals surface area contributed by atoms with Crippen LogP contribution in [0.2, 0.25) is 0 Å². The van der Waals surface area contributed by atoms with Crippen molar-refractivity contribution in [1.29, 1.82) is 0 Å². The largest absolute Gasteiger partial charge is 0.420 e. The van der Waals surface area contributed by atoms with E-state index >= 15 is 0 Å². The van der Waals surface area contributed by atoms with Crippen LogP contribution in [0, 0.1) is 6.92 Å². The molecule has 0 aliphatic carbocycles. The number of nitrogens with zero attached hydrogens (tertiary/aromatic N) is 2. The van der Waals surface area contributed by atoms with Gasteiger partial charge in [0.15, 0.2) is 11.4 Å². The van der Waals surface area contributed by atoms with Crippen LogP contribution in [-0.4, -0.2) is 26.9 Å². The first-order valence-electron chi connectivity index (χ1n) is 9.83. The fourth-order valence-corrected chi connectivity index (χ4v) is 4.05. The van der Waals surface area contributed by atoms with E-state index in [0.29, 0.717) is 23.2 Å². The molecule has 0 saturated carbocycles. The highest BCUT2D eigenvalue weighted by Crippen LogP contribution is 2.26. The number of carbonyl (C=O) groups is 2. The molecule has 2 aromatic carbocycles. The molecule has 30 heavy (non-hydrogen) atoms. The fourth-order valence-electron chi connectivity index (χ4n) is 4.05. The molecule has 0 aliphatic rings. The van der Waals surface area contributed by atoms with Crippen molar-refractivity contribution in [2.24, 2.45) is 0 Å². The Kier molecular flexibility index (Phi) is 5.03. The number of benzene rings is 2. The molecule has 1 N–H and O–H groups in total. The Labute approximate surface area is 172 Å². The number of carbonyl (C=O) groups excluding carboxylic acids is 2. The number of rotatable bonds is 6. The molecule has 0 spiro atoms. The predicted molar refractivity (Wildman–Crippen MR) is 115 cm³/mol. The number of nitrogens with one attached hydrogen (secondary N) is 1. The van der Waals surface area contributed by atoms with Crippen molar-refractivity contribution < 1.29 is 14.0 Å². The molecule has 0 radical (unpaired) electrons. The molecule has 4 aromatic rings. The second-order valence-corrected chi connectivity index (χ2v) is 7.53. The first kappa shape index (κ1) is 19.7. The zero-order valence-corrected chi connectivity index (χ0v) is 17.1. The van der Waals surface area contributed by atoms with Crippen LogP contribution in [0.4, 0.5) is 0 Å². The van der Waals surface area contributed by atoms with Gasteiger partial charge < -0.3 is 14.3 Å². The van der Waals surface area contributed by atoms with Crippen LogP contribution in [0.3, 0.4) is 0 Å². The van der Waals surface area contributed by atoms with E-state index in [4.69, 9.17) is 4.42 Å². The van der Waals surface area contributed by atoms with Crippen molar-refractivity contribution in [1.82, 2.24) is 14.5 Å². The SMILES string of the molecule is CC(=O)c1c(C)n(CC(=O)N[C@@H](C)Cn2c(=O)oc3ccccc32)c2ccccc12. The van der Waals surface area contributed by atoms with Gasteiger partial charge in [-0.25, -0.2) is 4.79 Å². The minimum absolute atomic E-state index is 0.0255. The van der Waals surface area contributed by atoms with Gasteiger partial charge in [-0.1, -0.05) is 30.3 Å². The fraction of sp³-hybridized carbons (Fsp3) is 0.261. The van der Waals surface area contributed by atoms with E-state index in [9.17, 15) is 14.4 Å². The summed E-state index contributed by atoms with van der Waals surface area (Å²) in [7, 11) is 0. The van der Waals surface area contributed by atoms with Crippen LogP contribution in [-0.2, 0) is 17.9 Å². The minimum atomic E-state index is -0.448. The maximum Gasteiger partial charge on any atom is 0.420 e. The van der Waals surface area contributed by atoms with E-state index in [0.717, 1.165) is 16.6 Å². The lowest BCUT2D eigenvalue weighted by molar-refractivity contribution is -0.122. The summed E-state index contributed by atoms with van der Waals surface area (Å²) in [5, 5.41) is 3.79. The number of Topliss-reactive ketones (excluding diaryl/α,β-unsaturated/α-hetero) is 1. The summed E-state index contributed by atoms with van der Waals surface area (Å²) in [6.45, 7) is 5.61. The molecule has 0 bridgehead atoms. The van der Waals surface area contributed by atoms with Gasteiger partial charge in [-0.15, -0.1) is 0 Å². The summed E-state index contributed by atoms with van der Waals surface area (Å²) >= 11 is 0. The zero-order valence-electron chi connectivity index (χ0n) is 17.1. The molecule has 0 saturated heterocycles. The van der Waals surface area contributed by atoms with E-state index < -0.39 is 5.76 Å². The van der Waals surface area contributed by atoms with Crippen molar-refractivity contribution >= 4 is 33.7 Å². The summed E-state index contributed by atoms with van der Waals surface area (Å²) in [6.07, 6.45) is 0. The molecule has 1 atom stereocenters. The number of amides is 1. The number of para-hydroxylation sites is 3. The van der Waals surface area contributed by atoms with Crippen molar-refractivity contribution in [2.75, 3.05) is 0 Å². The van der Waals surface area contributed by atoms with Crippen LogP contribution < -0.4 is 11.1 Å². The van der Waals surface area contributed by atoms with Gasteiger partial charge in [0.2, 0.25) is 5.91 Å². The third-order valence-electron chi connectivity index (χ3n) is 5.32. The summed E-state index contributed by atoms with van der Waals surface area (Å²) in [5.41, 5.74) is 3.47. The minimum Gasteiger partial charge on any atom is -0.408 e. The molecule has 0 aliphatic heterocycles. The van der Waals surface area contributed by atoms with Gasteiger partial charge in [-0.2, -0.15) is 0 Å². The summed E-state index contributed by atoms with van der Waals surface area (Å²) in [6, 6.07) is 14.5. The third-order valence-corrected chi connectivity index (χ3v) is 5.32. The number of oxazole rings is 1. The van der Waals surface area contributed by atoms with E-state index in [1.165, 1.54) is 11.5 Å². The summed E-state index contributed by atoms with van der Waals surface area (Å²) < 4.78 is 8.62. The molecule has 0 fully saturated rings. The van der Waals surface area contributed by atoms with Crippen LogP contribution in [0.1, 0.15) is 29.9 Å². The summed E-state index contributed by atoms with van der Waals surface area (Å²) in [4.78, 5) is 37.0. The number of hydrogen-bond donors (Lipinski definition) is 1. The Morgan fingerprint density at radius 1 is 1.03 bits per heavy atom. The highest BCUT2D eigenvalue weighted by Gasteiger charge is 2.19. The van der Waals surface area contributed by atoms with Crippen LogP contribution in [0.5, 0.6) is 0 Å². The molecule has 4 rings (SSSR count). The first-order chi connectivity index (χ1) is 14.4. The average Bonchev–Trinajstić information content (AvgIpc) is 3.16. The second kappa shape index (κ2) is 7.67. The lowest BCUT2D eigenvalue weighted by atomic mass is 10.1. The molecule has 2 aromatic heterocycles. The van der Waals surface area contributed by atoms with Gasteiger partial charge in [0.05, 0.1) is 5.52 Å². The highest BCUT2D eigenvalue weighted by atomic mass is 16.4. The smallest absolute Gasteiger partial charge is 0.408 e. The average molecular weight is 405 g/mol. The van der Waals surface area contributed by atoms with Crippen molar-refractivity contribution in [2.45, 2.75) is 39.9 Å². The Hall–Kier alpha value is -3.61. The number of hydrogen-bond acceptors (Lipinski definition) is 4. The van der Waals surface area contributed by atoms with E-state index in [2.05, 4.69) is 5.32 Å². The van der Waals surface area contributed by atoms with Gasteiger partial charge >= 0.3 is 5.76 Å². The number of ketones is 1. The normalized spacial score (nSPS) is 12.4. The molecular weight excluding hydrogens is 382 g/mol. The van der Waals surface area contributed by atoms with Crippen molar-refractivity contribution in [3.8, 4) is 0 Å². The topological polar surface area (TPSA) is 86.2 Å². The Morgan fingerprint density at radius 2 is 1.70 bits per heavy atom. The zero-order chi connectivity index (χ0) is 21.4. The molecular formula is C23H23N3O4. The molecule has 2 heterocycles. The lowest BCUT2D eigenvalue weighted by Gasteiger charge is -2.16. The van der Waals surface area contributed by atoms with Gasteiger partial charge in [-0.3, -0.25) is 14.2 Å². The standard InChI is InChI=1S/C23H23N3O4/c1-14(12-26-19-10-6-7-11-20(19)30-23(26)29)24-21(28)13-25-15(2)22(16(3)27)17-8-4-5-9-18(17)25/h4-11,14H,12-13H2,1-3H3,(H,24,28)/t14-/m0/s1. The number of fused-ring (bicyclic) bond motifs is 2. The van der Waals surface area contributed by atoms with E-state index in [-0.39, 0.29) is 24.3 Å². The van der Waals surface area contributed by atoms with Crippen LogP contribution in [0.25, 0.3) is 22.0 Å². The quantitative estimate of drug-likeness (QED) is 0.499. The van der Waals surface area contributed by atoms with Crippen LogP contribution >= 0.6 is 0 Å². The Morgan fingerprint density at radius 3 is 2.43 bits per heavy atom. The van der Waals surface area contributed by atoms with Gasteiger partial charge in [0.25, 0.3) is 0 Å². The second-order valence-electron chi connectivity index (χ2n) is 7.53. The maximum atomic E-state index is 12.7. The summed E-state index contributed by atoms with van der Waals surface area (Å²) in [5.74, 6) is -0.666.